The number of pyridine rings is 1. The molecule has 0 unspecified atom stereocenters. The van der Waals surface area contributed by atoms with Crippen molar-refractivity contribution in [2.24, 2.45) is 0 Å². The molecule has 4 aromatic rings. The van der Waals surface area contributed by atoms with Gasteiger partial charge in [0.05, 0.1) is 16.6 Å². The van der Waals surface area contributed by atoms with E-state index in [0.29, 0.717) is 11.3 Å². The molecular formula is C23H19NO2. The number of benzene rings is 3. The minimum atomic E-state index is -0.352. The van der Waals surface area contributed by atoms with Crippen LogP contribution in [-0.4, -0.2) is 11.0 Å². The first-order valence-electron chi connectivity index (χ1n) is 8.62. The monoisotopic (exact) mass is 341 g/mol. The van der Waals surface area contributed by atoms with Gasteiger partial charge in [0.2, 0.25) is 0 Å². The van der Waals surface area contributed by atoms with Gasteiger partial charge in [-0.25, -0.2) is 9.78 Å². The third-order valence-corrected chi connectivity index (χ3v) is 4.59. The Kier molecular flexibility index (Phi) is 3.92. The molecule has 0 saturated carbocycles. The Bertz CT molecular complexity index is 1080. The Morgan fingerprint density at radius 2 is 1.31 bits per heavy atom. The van der Waals surface area contributed by atoms with E-state index in [1.54, 1.807) is 0 Å². The summed E-state index contributed by atoms with van der Waals surface area (Å²) in [5, 5.41) is 1.61. The zero-order valence-electron chi connectivity index (χ0n) is 15.0. The Morgan fingerprint density at radius 1 is 0.808 bits per heavy atom. The molecule has 0 N–H and O–H groups in total. The fourth-order valence-electron chi connectivity index (χ4n) is 3.53. The average molecular weight is 341 g/mol. The van der Waals surface area contributed by atoms with Crippen molar-refractivity contribution in [2.75, 3.05) is 0 Å². The van der Waals surface area contributed by atoms with Crippen LogP contribution >= 0.6 is 0 Å². The molecule has 0 radical (unpaired) electrons. The smallest absolute Gasteiger partial charge is 0.344 e. The Balaban J connectivity index is 1.91. The van der Waals surface area contributed by atoms with Gasteiger partial charge in [-0.05, 0) is 44.0 Å². The van der Waals surface area contributed by atoms with Crippen molar-refractivity contribution in [2.45, 2.75) is 20.8 Å². The summed E-state index contributed by atoms with van der Waals surface area (Å²) >= 11 is 0. The van der Waals surface area contributed by atoms with Crippen molar-refractivity contribution in [1.82, 2.24) is 4.98 Å². The van der Waals surface area contributed by atoms with Crippen LogP contribution in [0.1, 0.15) is 27.0 Å². The summed E-state index contributed by atoms with van der Waals surface area (Å²) in [5.41, 5.74) is 5.20. The van der Waals surface area contributed by atoms with Crippen LogP contribution in [-0.2, 0) is 0 Å². The van der Waals surface area contributed by atoms with E-state index in [1.807, 2.05) is 81.4 Å². The van der Waals surface area contributed by atoms with Crippen LogP contribution in [0.2, 0.25) is 0 Å². The van der Waals surface area contributed by atoms with Crippen molar-refractivity contribution < 1.29 is 9.53 Å². The molecule has 1 aromatic heterocycles. The van der Waals surface area contributed by atoms with Gasteiger partial charge in [0.15, 0.2) is 0 Å². The van der Waals surface area contributed by atoms with Gasteiger partial charge in [-0.1, -0.05) is 54.1 Å². The number of rotatable bonds is 2. The molecule has 0 aliphatic heterocycles. The number of para-hydroxylation sites is 2. The number of hydrogen-bond donors (Lipinski definition) is 0. The molecular weight excluding hydrogens is 322 g/mol. The van der Waals surface area contributed by atoms with E-state index in [2.05, 4.69) is 4.98 Å². The van der Waals surface area contributed by atoms with Crippen LogP contribution < -0.4 is 4.74 Å². The van der Waals surface area contributed by atoms with E-state index in [4.69, 9.17) is 4.74 Å². The van der Waals surface area contributed by atoms with Gasteiger partial charge in [-0.2, -0.15) is 0 Å². The average Bonchev–Trinajstić information content (AvgIpc) is 2.62. The number of esters is 1. The molecule has 0 bridgehead atoms. The molecule has 4 rings (SSSR count). The second-order valence-corrected chi connectivity index (χ2v) is 6.64. The maximum absolute atomic E-state index is 13.2. The second-order valence-electron chi connectivity index (χ2n) is 6.64. The van der Waals surface area contributed by atoms with Gasteiger partial charge in [0.1, 0.15) is 5.75 Å². The van der Waals surface area contributed by atoms with Crippen molar-refractivity contribution >= 4 is 27.8 Å². The van der Waals surface area contributed by atoms with Gasteiger partial charge in [0.25, 0.3) is 0 Å². The molecule has 0 saturated heterocycles. The number of fused-ring (bicyclic) bond motifs is 2. The van der Waals surface area contributed by atoms with Crippen LogP contribution in [0.15, 0.2) is 60.7 Å². The zero-order valence-corrected chi connectivity index (χ0v) is 15.0. The summed E-state index contributed by atoms with van der Waals surface area (Å²) in [5.74, 6) is 0.278. The predicted molar refractivity (Wildman–Crippen MR) is 105 cm³/mol. The number of carbonyl (C=O) groups excluding carboxylic acids is 1. The van der Waals surface area contributed by atoms with Gasteiger partial charge in [-0.15, -0.1) is 0 Å². The van der Waals surface area contributed by atoms with Crippen LogP contribution in [0.5, 0.6) is 5.75 Å². The molecule has 0 aliphatic rings. The fourth-order valence-corrected chi connectivity index (χ4v) is 3.53. The minimum Gasteiger partial charge on any atom is -0.422 e. The fraction of sp³-hybridized carbons (Fsp3) is 0.130. The molecule has 3 aromatic carbocycles. The predicted octanol–water partition coefficient (Wildman–Crippen LogP) is 5.53. The largest absolute Gasteiger partial charge is 0.422 e. The quantitative estimate of drug-likeness (QED) is 0.273. The van der Waals surface area contributed by atoms with E-state index in [-0.39, 0.29) is 5.97 Å². The lowest BCUT2D eigenvalue weighted by molar-refractivity contribution is 0.0736. The summed E-state index contributed by atoms with van der Waals surface area (Å²) in [7, 11) is 0. The van der Waals surface area contributed by atoms with Crippen LogP contribution in [0.25, 0.3) is 21.8 Å². The van der Waals surface area contributed by atoms with E-state index < -0.39 is 0 Å². The van der Waals surface area contributed by atoms with Crippen LogP contribution in [0, 0.1) is 20.8 Å². The molecule has 26 heavy (non-hydrogen) atoms. The van der Waals surface area contributed by atoms with Gasteiger partial charge < -0.3 is 4.74 Å². The van der Waals surface area contributed by atoms with Crippen LogP contribution in [0.4, 0.5) is 0 Å². The van der Waals surface area contributed by atoms with Crippen molar-refractivity contribution in [3.8, 4) is 5.75 Å². The molecule has 0 amide bonds. The van der Waals surface area contributed by atoms with Gasteiger partial charge >= 0.3 is 5.97 Å². The SMILES string of the molecule is Cc1cc(C)c(OC(=O)c2c3ccccc3nc3ccccc23)c(C)c1. The normalized spacial score (nSPS) is 11.0. The molecule has 128 valence electrons. The summed E-state index contributed by atoms with van der Waals surface area (Å²) in [6.45, 7) is 5.96. The van der Waals surface area contributed by atoms with E-state index in [0.717, 1.165) is 38.5 Å². The molecule has 0 spiro atoms. The lowest BCUT2D eigenvalue weighted by atomic mass is 10.0. The highest BCUT2D eigenvalue weighted by Crippen LogP contribution is 2.30. The second kappa shape index (κ2) is 6.26. The van der Waals surface area contributed by atoms with Crippen molar-refractivity contribution in [1.29, 1.82) is 0 Å². The maximum Gasteiger partial charge on any atom is 0.344 e. The third-order valence-electron chi connectivity index (χ3n) is 4.59. The maximum atomic E-state index is 13.2. The Morgan fingerprint density at radius 3 is 1.85 bits per heavy atom. The summed E-state index contributed by atoms with van der Waals surface area (Å²) in [6.07, 6.45) is 0. The third kappa shape index (κ3) is 2.72. The number of hydrogen-bond acceptors (Lipinski definition) is 3. The highest BCUT2D eigenvalue weighted by Gasteiger charge is 2.19. The van der Waals surface area contributed by atoms with Crippen molar-refractivity contribution in [3.63, 3.8) is 0 Å². The number of ether oxygens (including phenoxy) is 1. The van der Waals surface area contributed by atoms with Crippen LogP contribution in [0.3, 0.4) is 0 Å². The van der Waals surface area contributed by atoms with E-state index in [1.165, 1.54) is 0 Å². The first-order valence-corrected chi connectivity index (χ1v) is 8.62. The Hall–Kier alpha value is -3.20. The number of aryl methyl sites for hydroxylation is 3. The first-order chi connectivity index (χ1) is 12.5. The molecule has 0 atom stereocenters. The standard InChI is InChI=1S/C23H19NO2/c1-14-12-15(2)22(16(3)13-14)26-23(25)21-17-8-4-6-10-19(17)24-20-11-7-5-9-18(20)21/h4-13H,1-3H3. The molecule has 3 nitrogen and oxygen atoms in total. The summed E-state index contributed by atoms with van der Waals surface area (Å²) < 4.78 is 5.87. The zero-order chi connectivity index (χ0) is 18.3. The molecule has 1 heterocycles. The highest BCUT2D eigenvalue weighted by molar-refractivity contribution is 6.14. The number of aromatic nitrogens is 1. The van der Waals surface area contributed by atoms with Gasteiger partial charge in [-0.3, -0.25) is 0 Å². The summed E-state index contributed by atoms with van der Waals surface area (Å²) in [6, 6.07) is 19.4. The minimum absolute atomic E-state index is 0.352. The Labute approximate surface area is 152 Å². The topological polar surface area (TPSA) is 39.2 Å². The number of nitrogens with zero attached hydrogens (tertiary/aromatic N) is 1. The number of carbonyl (C=O) groups is 1. The molecule has 3 heteroatoms. The lowest BCUT2D eigenvalue weighted by Crippen LogP contribution is -2.12. The van der Waals surface area contributed by atoms with E-state index >= 15 is 0 Å². The highest BCUT2D eigenvalue weighted by atomic mass is 16.5. The van der Waals surface area contributed by atoms with Crippen molar-refractivity contribution in [3.05, 3.63) is 82.9 Å². The molecule has 0 aliphatic carbocycles. The molecule has 0 fully saturated rings. The lowest BCUT2D eigenvalue weighted by Gasteiger charge is -2.14. The summed E-state index contributed by atoms with van der Waals surface area (Å²) in [4.78, 5) is 17.8. The van der Waals surface area contributed by atoms with Gasteiger partial charge in [0, 0.05) is 10.8 Å². The van der Waals surface area contributed by atoms with E-state index in [9.17, 15) is 4.79 Å². The first kappa shape index (κ1) is 16.3.